The number of esters is 1. The van der Waals surface area contributed by atoms with E-state index in [2.05, 4.69) is 10.3 Å². The maximum atomic E-state index is 12.5. The predicted molar refractivity (Wildman–Crippen MR) is 93.6 cm³/mol. The second-order valence-electron chi connectivity index (χ2n) is 5.72. The number of anilines is 1. The van der Waals surface area contributed by atoms with Crippen LogP contribution in [-0.4, -0.2) is 37.2 Å². The van der Waals surface area contributed by atoms with E-state index in [-0.39, 0.29) is 17.7 Å². The highest BCUT2D eigenvalue weighted by molar-refractivity contribution is 6.08. The van der Waals surface area contributed by atoms with Gasteiger partial charge in [0.2, 0.25) is 0 Å². The zero-order valence-corrected chi connectivity index (χ0v) is 14.9. The number of aryl methyl sites for hydroxylation is 1. The van der Waals surface area contributed by atoms with Crippen molar-refractivity contribution in [1.82, 2.24) is 4.98 Å². The second kappa shape index (κ2) is 7.74. The molecular weight excluding hydrogens is 324 g/mol. The molecule has 0 fully saturated rings. The summed E-state index contributed by atoms with van der Waals surface area (Å²) in [4.78, 5) is 27.2. The summed E-state index contributed by atoms with van der Waals surface area (Å²) in [5.41, 5.74) is 1.66. The molecular formula is C18H22N2O5. The average Bonchev–Trinajstić information content (AvgIpc) is 2.94. The fraction of sp³-hybridized carbons (Fsp3) is 0.333. The first kappa shape index (κ1) is 18.4. The SMILES string of the molecule is COC(=O)c1[nH]c(C)cc1NC(=O)c1ccc(OC(C)C)c(OC)c1. The Bertz CT molecular complexity index is 780. The van der Waals surface area contributed by atoms with Gasteiger partial charge >= 0.3 is 5.97 Å². The van der Waals surface area contributed by atoms with Gasteiger partial charge in [0.25, 0.3) is 5.91 Å². The van der Waals surface area contributed by atoms with Crippen molar-refractivity contribution in [3.63, 3.8) is 0 Å². The lowest BCUT2D eigenvalue weighted by Gasteiger charge is -2.14. The molecule has 1 amide bonds. The summed E-state index contributed by atoms with van der Waals surface area (Å²) in [6, 6.07) is 6.56. The number of benzene rings is 1. The Balaban J connectivity index is 2.26. The number of amides is 1. The molecule has 2 aromatic rings. The number of ether oxygens (including phenoxy) is 3. The number of rotatable bonds is 6. The minimum atomic E-state index is -0.554. The number of carbonyl (C=O) groups is 2. The van der Waals surface area contributed by atoms with Gasteiger partial charge in [-0.05, 0) is 45.0 Å². The lowest BCUT2D eigenvalue weighted by Crippen LogP contribution is -2.15. The van der Waals surface area contributed by atoms with Crippen LogP contribution in [0.15, 0.2) is 24.3 Å². The van der Waals surface area contributed by atoms with Gasteiger partial charge in [-0.1, -0.05) is 0 Å². The summed E-state index contributed by atoms with van der Waals surface area (Å²) in [5.74, 6) is 0.0850. The van der Waals surface area contributed by atoms with Gasteiger partial charge in [-0.25, -0.2) is 4.79 Å². The Labute approximate surface area is 146 Å². The Morgan fingerprint density at radius 3 is 2.44 bits per heavy atom. The fourth-order valence-electron chi connectivity index (χ4n) is 2.31. The van der Waals surface area contributed by atoms with Crippen molar-refractivity contribution in [2.75, 3.05) is 19.5 Å². The molecule has 0 saturated carbocycles. The number of hydrogen-bond donors (Lipinski definition) is 2. The summed E-state index contributed by atoms with van der Waals surface area (Å²) in [5, 5.41) is 2.71. The molecule has 0 unspecified atom stereocenters. The van der Waals surface area contributed by atoms with E-state index in [1.165, 1.54) is 14.2 Å². The molecule has 0 saturated heterocycles. The smallest absolute Gasteiger partial charge is 0.356 e. The summed E-state index contributed by atoms with van der Waals surface area (Å²) >= 11 is 0. The Kier molecular flexibility index (Phi) is 5.69. The lowest BCUT2D eigenvalue weighted by atomic mass is 10.1. The van der Waals surface area contributed by atoms with Crippen molar-refractivity contribution >= 4 is 17.6 Å². The number of nitrogens with one attached hydrogen (secondary N) is 2. The van der Waals surface area contributed by atoms with Crippen LogP contribution in [-0.2, 0) is 4.74 Å². The van der Waals surface area contributed by atoms with Gasteiger partial charge in [0, 0.05) is 11.3 Å². The normalized spacial score (nSPS) is 10.5. The molecule has 0 atom stereocenters. The van der Waals surface area contributed by atoms with Crippen molar-refractivity contribution < 1.29 is 23.8 Å². The van der Waals surface area contributed by atoms with Crippen molar-refractivity contribution in [2.24, 2.45) is 0 Å². The van der Waals surface area contributed by atoms with Crippen LogP contribution in [0.3, 0.4) is 0 Å². The third-order valence-corrected chi connectivity index (χ3v) is 3.38. The first-order valence-electron chi connectivity index (χ1n) is 7.79. The van der Waals surface area contributed by atoms with Gasteiger partial charge in [-0.15, -0.1) is 0 Å². The zero-order chi connectivity index (χ0) is 18.6. The number of methoxy groups -OCH3 is 2. The molecule has 134 valence electrons. The standard InChI is InChI=1S/C18H22N2O5/c1-10(2)25-14-7-6-12(9-15(14)23-4)17(21)20-13-8-11(3)19-16(13)18(22)24-5/h6-10,19H,1-5H3,(H,20,21). The van der Waals surface area contributed by atoms with Crippen molar-refractivity contribution in [2.45, 2.75) is 26.9 Å². The van der Waals surface area contributed by atoms with E-state index < -0.39 is 5.97 Å². The van der Waals surface area contributed by atoms with Gasteiger partial charge in [0.05, 0.1) is 26.0 Å². The van der Waals surface area contributed by atoms with Crippen LogP contribution in [0.5, 0.6) is 11.5 Å². The zero-order valence-electron chi connectivity index (χ0n) is 14.9. The van der Waals surface area contributed by atoms with E-state index in [0.717, 1.165) is 5.69 Å². The molecule has 25 heavy (non-hydrogen) atoms. The van der Waals surface area contributed by atoms with E-state index >= 15 is 0 Å². The highest BCUT2D eigenvalue weighted by Gasteiger charge is 2.18. The van der Waals surface area contributed by atoms with Crippen LogP contribution in [0.25, 0.3) is 0 Å². The van der Waals surface area contributed by atoms with Gasteiger partial charge in [-0.2, -0.15) is 0 Å². The first-order chi connectivity index (χ1) is 11.8. The third kappa shape index (κ3) is 4.32. The maximum Gasteiger partial charge on any atom is 0.356 e. The Morgan fingerprint density at radius 1 is 1.12 bits per heavy atom. The first-order valence-corrected chi connectivity index (χ1v) is 7.79. The number of hydrogen-bond acceptors (Lipinski definition) is 5. The largest absolute Gasteiger partial charge is 0.493 e. The van der Waals surface area contributed by atoms with E-state index in [1.807, 2.05) is 13.8 Å². The van der Waals surface area contributed by atoms with Crippen LogP contribution >= 0.6 is 0 Å². The maximum absolute atomic E-state index is 12.5. The molecule has 0 aliphatic heterocycles. The van der Waals surface area contributed by atoms with Crippen LogP contribution < -0.4 is 14.8 Å². The number of aromatic amines is 1. The van der Waals surface area contributed by atoms with E-state index in [4.69, 9.17) is 14.2 Å². The minimum absolute atomic E-state index is 0.0148. The van der Waals surface area contributed by atoms with Gasteiger partial charge in [0.15, 0.2) is 11.5 Å². The van der Waals surface area contributed by atoms with Crippen molar-refractivity contribution in [3.8, 4) is 11.5 Å². The molecule has 1 heterocycles. The van der Waals surface area contributed by atoms with Crippen LogP contribution in [0.4, 0.5) is 5.69 Å². The predicted octanol–water partition coefficient (Wildman–Crippen LogP) is 3.16. The molecule has 1 aromatic heterocycles. The van der Waals surface area contributed by atoms with Gasteiger partial charge in [0.1, 0.15) is 5.69 Å². The number of carbonyl (C=O) groups excluding carboxylic acids is 2. The average molecular weight is 346 g/mol. The van der Waals surface area contributed by atoms with Gasteiger partial charge in [-0.3, -0.25) is 4.79 Å². The monoisotopic (exact) mass is 346 g/mol. The number of aromatic nitrogens is 1. The summed E-state index contributed by atoms with van der Waals surface area (Å²) < 4.78 is 15.6. The lowest BCUT2D eigenvalue weighted by molar-refractivity contribution is 0.0596. The van der Waals surface area contributed by atoms with E-state index in [0.29, 0.717) is 22.7 Å². The molecule has 0 bridgehead atoms. The summed E-state index contributed by atoms with van der Waals surface area (Å²) in [7, 11) is 2.79. The van der Waals surface area contributed by atoms with Crippen LogP contribution in [0.1, 0.15) is 40.4 Å². The molecule has 0 aliphatic carbocycles. The molecule has 0 spiro atoms. The second-order valence-corrected chi connectivity index (χ2v) is 5.72. The Morgan fingerprint density at radius 2 is 1.84 bits per heavy atom. The van der Waals surface area contributed by atoms with Gasteiger partial charge < -0.3 is 24.5 Å². The number of H-pyrrole nitrogens is 1. The molecule has 2 N–H and O–H groups in total. The van der Waals surface area contributed by atoms with Crippen molar-refractivity contribution in [1.29, 1.82) is 0 Å². The molecule has 0 radical (unpaired) electrons. The minimum Gasteiger partial charge on any atom is -0.493 e. The molecule has 1 aromatic carbocycles. The summed E-state index contributed by atoms with van der Waals surface area (Å²) in [6.45, 7) is 5.59. The molecule has 0 aliphatic rings. The highest BCUT2D eigenvalue weighted by atomic mass is 16.5. The van der Waals surface area contributed by atoms with Crippen LogP contribution in [0.2, 0.25) is 0 Å². The molecule has 2 rings (SSSR count). The third-order valence-electron chi connectivity index (χ3n) is 3.38. The molecule has 7 nitrogen and oxygen atoms in total. The summed E-state index contributed by atoms with van der Waals surface area (Å²) in [6.07, 6.45) is -0.0148. The van der Waals surface area contributed by atoms with Crippen LogP contribution in [0, 0.1) is 6.92 Å². The highest BCUT2D eigenvalue weighted by Crippen LogP contribution is 2.29. The van der Waals surface area contributed by atoms with Crippen molar-refractivity contribution in [3.05, 3.63) is 41.2 Å². The van der Waals surface area contributed by atoms with E-state index in [1.54, 1.807) is 31.2 Å². The Hall–Kier alpha value is -2.96. The topological polar surface area (TPSA) is 89.7 Å². The quantitative estimate of drug-likeness (QED) is 0.784. The molecule has 7 heteroatoms. The fourth-order valence-corrected chi connectivity index (χ4v) is 2.31. The van der Waals surface area contributed by atoms with E-state index in [9.17, 15) is 9.59 Å².